The van der Waals surface area contributed by atoms with E-state index in [4.69, 9.17) is 10.2 Å². The molecule has 2 N–H and O–H groups in total. The van der Waals surface area contributed by atoms with Crippen LogP contribution in [0.1, 0.15) is 39.9 Å². The molecule has 0 aromatic carbocycles. The largest absolute Gasteiger partial charge is 0.467 e. The highest BCUT2D eigenvalue weighted by molar-refractivity contribution is 5.76. The quantitative estimate of drug-likeness (QED) is 0.875. The van der Waals surface area contributed by atoms with E-state index in [1.807, 2.05) is 39.8 Å². The smallest absolute Gasteiger partial charge is 0.224 e. The lowest BCUT2D eigenvalue weighted by Gasteiger charge is -2.29. The fraction of sp³-hybridized carbons (Fsp3) is 0.643. The highest BCUT2D eigenvalue weighted by Gasteiger charge is 2.25. The lowest BCUT2D eigenvalue weighted by molar-refractivity contribution is -0.132. The Balaban J connectivity index is 2.57. The van der Waals surface area contributed by atoms with Crippen molar-refractivity contribution in [3.63, 3.8) is 0 Å². The van der Waals surface area contributed by atoms with Crippen molar-refractivity contribution in [2.75, 3.05) is 6.54 Å². The van der Waals surface area contributed by atoms with Gasteiger partial charge in [0, 0.05) is 19.0 Å². The zero-order chi connectivity index (χ0) is 13.8. The number of amides is 1. The molecular formula is C14H24N2O2. The van der Waals surface area contributed by atoms with E-state index in [9.17, 15) is 4.79 Å². The van der Waals surface area contributed by atoms with Gasteiger partial charge in [-0.25, -0.2) is 0 Å². The van der Waals surface area contributed by atoms with Crippen molar-refractivity contribution in [3.8, 4) is 0 Å². The first kappa shape index (κ1) is 14.8. The second-order valence-electron chi connectivity index (χ2n) is 5.66. The van der Waals surface area contributed by atoms with Gasteiger partial charge in [-0.15, -0.1) is 0 Å². The van der Waals surface area contributed by atoms with E-state index in [0.717, 1.165) is 5.76 Å². The molecule has 102 valence electrons. The molecule has 1 aromatic heterocycles. The molecule has 1 rings (SSSR count). The Bertz CT molecular complexity index is 366. The van der Waals surface area contributed by atoms with Crippen LogP contribution in [0.5, 0.6) is 0 Å². The first-order chi connectivity index (χ1) is 8.34. The van der Waals surface area contributed by atoms with Gasteiger partial charge in [0.1, 0.15) is 5.76 Å². The van der Waals surface area contributed by atoms with Gasteiger partial charge in [0.15, 0.2) is 0 Å². The highest BCUT2D eigenvalue weighted by Crippen LogP contribution is 2.20. The van der Waals surface area contributed by atoms with Gasteiger partial charge in [0.05, 0.1) is 12.8 Å². The van der Waals surface area contributed by atoms with Crippen LogP contribution in [0.4, 0.5) is 0 Å². The lowest BCUT2D eigenvalue weighted by Crippen LogP contribution is -2.41. The molecule has 0 saturated heterocycles. The Kier molecular flexibility index (Phi) is 4.96. The third-order valence-corrected chi connectivity index (χ3v) is 3.17. The predicted octanol–water partition coefficient (Wildman–Crippen LogP) is 2.39. The third kappa shape index (κ3) is 4.18. The standard InChI is InChI=1S/C14H24N2O2/c1-5-16(10-11-7-6-8-18-11)13(17)9-12(15)14(2,3)4/h6-8,12H,5,9-10,15H2,1-4H3. The van der Waals surface area contributed by atoms with Gasteiger partial charge in [0.2, 0.25) is 5.91 Å². The molecule has 0 saturated carbocycles. The normalized spacial score (nSPS) is 13.4. The minimum absolute atomic E-state index is 0.0558. The second kappa shape index (κ2) is 6.05. The SMILES string of the molecule is CCN(Cc1ccco1)C(=O)CC(N)C(C)(C)C. The average molecular weight is 252 g/mol. The molecule has 0 spiro atoms. The maximum absolute atomic E-state index is 12.2. The molecule has 1 unspecified atom stereocenters. The molecule has 4 heteroatoms. The summed E-state index contributed by atoms with van der Waals surface area (Å²) in [5.41, 5.74) is 5.99. The minimum atomic E-state index is -0.129. The maximum Gasteiger partial charge on any atom is 0.224 e. The van der Waals surface area contributed by atoms with Crippen LogP contribution in [0, 0.1) is 5.41 Å². The molecule has 0 aliphatic heterocycles. The van der Waals surface area contributed by atoms with Crippen LogP contribution in [-0.2, 0) is 11.3 Å². The average Bonchev–Trinajstić information content (AvgIpc) is 2.76. The number of nitrogens with zero attached hydrogens (tertiary/aromatic N) is 1. The van der Waals surface area contributed by atoms with Crippen molar-refractivity contribution in [1.29, 1.82) is 0 Å². The molecular weight excluding hydrogens is 228 g/mol. The molecule has 4 nitrogen and oxygen atoms in total. The van der Waals surface area contributed by atoms with Gasteiger partial charge < -0.3 is 15.1 Å². The molecule has 0 fully saturated rings. The van der Waals surface area contributed by atoms with E-state index in [-0.39, 0.29) is 17.4 Å². The van der Waals surface area contributed by atoms with Crippen molar-refractivity contribution >= 4 is 5.91 Å². The molecule has 0 aliphatic carbocycles. The Morgan fingerprint density at radius 1 is 1.50 bits per heavy atom. The fourth-order valence-electron chi connectivity index (χ4n) is 1.59. The van der Waals surface area contributed by atoms with Crippen LogP contribution in [-0.4, -0.2) is 23.4 Å². The van der Waals surface area contributed by atoms with E-state index in [0.29, 0.717) is 19.5 Å². The van der Waals surface area contributed by atoms with Gasteiger partial charge in [-0.1, -0.05) is 20.8 Å². The third-order valence-electron chi connectivity index (χ3n) is 3.17. The molecule has 0 aliphatic rings. The monoisotopic (exact) mass is 252 g/mol. The van der Waals surface area contributed by atoms with Crippen LogP contribution in [0.15, 0.2) is 22.8 Å². The Hall–Kier alpha value is -1.29. The number of rotatable bonds is 5. The second-order valence-corrected chi connectivity index (χ2v) is 5.66. The molecule has 1 heterocycles. The molecule has 0 radical (unpaired) electrons. The summed E-state index contributed by atoms with van der Waals surface area (Å²) in [4.78, 5) is 13.9. The zero-order valence-corrected chi connectivity index (χ0v) is 11.8. The summed E-state index contributed by atoms with van der Waals surface area (Å²) < 4.78 is 5.26. The first-order valence-corrected chi connectivity index (χ1v) is 6.40. The molecule has 1 amide bonds. The van der Waals surface area contributed by atoms with Crippen molar-refractivity contribution in [1.82, 2.24) is 4.90 Å². The topological polar surface area (TPSA) is 59.5 Å². The first-order valence-electron chi connectivity index (χ1n) is 6.40. The van der Waals surface area contributed by atoms with E-state index < -0.39 is 0 Å². The molecule has 0 bridgehead atoms. The van der Waals surface area contributed by atoms with Crippen LogP contribution >= 0.6 is 0 Å². The van der Waals surface area contributed by atoms with E-state index in [2.05, 4.69) is 0 Å². The van der Waals surface area contributed by atoms with Gasteiger partial charge in [-0.2, -0.15) is 0 Å². The summed E-state index contributed by atoms with van der Waals surface area (Å²) >= 11 is 0. The van der Waals surface area contributed by atoms with Gasteiger partial charge in [-0.05, 0) is 24.5 Å². The summed E-state index contributed by atoms with van der Waals surface area (Å²) in [5, 5.41) is 0. The number of carbonyl (C=O) groups is 1. The van der Waals surface area contributed by atoms with E-state index in [1.54, 1.807) is 11.2 Å². The minimum Gasteiger partial charge on any atom is -0.467 e. The summed E-state index contributed by atoms with van der Waals surface area (Å²) in [6, 6.07) is 3.57. The Morgan fingerprint density at radius 3 is 2.61 bits per heavy atom. The zero-order valence-electron chi connectivity index (χ0n) is 11.8. The number of hydrogen-bond acceptors (Lipinski definition) is 3. The van der Waals surface area contributed by atoms with Crippen molar-refractivity contribution in [2.45, 2.75) is 46.7 Å². The van der Waals surface area contributed by atoms with Crippen LogP contribution in [0.3, 0.4) is 0 Å². The van der Waals surface area contributed by atoms with Crippen LogP contribution in [0.25, 0.3) is 0 Å². The number of carbonyl (C=O) groups excluding carboxylic acids is 1. The van der Waals surface area contributed by atoms with Crippen molar-refractivity contribution in [3.05, 3.63) is 24.2 Å². The van der Waals surface area contributed by atoms with Crippen LogP contribution < -0.4 is 5.73 Å². The molecule has 1 aromatic rings. The predicted molar refractivity (Wildman–Crippen MR) is 71.8 cm³/mol. The van der Waals surface area contributed by atoms with Crippen molar-refractivity contribution in [2.24, 2.45) is 11.1 Å². The number of hydrogen-bond donors (Lipinski definition) is 1. The Labute approximate surface area is 109 Å². The Morgan fingerprint density at radius 2 is 2.17 bits per heavy atom. The van der Waals surface area contributed by atoms with E-state index >= 15 is 0 Å². The summed E-state index contributed by atoms with van der Waals surface area (Å²) in [7, 11) is 0. The van der Waals surface area contributed by atoms with Crippen LogP contribution in [0.2, 0.25) is 0 Å². The maximum atomic E-state index is 12.2. The summed E-state index contributed by atoms with van der Waals surface area (Å²) in [6.45, 7) is 9.29. The summed E-state index contributed by atoms with van der Waals surface area (Å²) in [6.07, 6.45) is 1.99. The van der Waals surface area contributed by atoms with Gasteiger partial charge >= 0.3 is 0 Å². The molecule has 1 atom stereocenters. The van der Waals surface area contributed by atoms with Gasteiger partial charge in [-0.3, -0.25) is 4.79 Å². The van der Waals surface area contributed by atoms with Gasteiger partial charge in [0.25, 0.3) is 0 Å². The molecule has 18 heavy (non-hydrogen) atoms. The highest BCUT2D eigenvalue weighted by atomic mass is 16.3. The summed E-state index contributed by atoms with van der Waals surface area (Å²) in [5.74, 6) is 0.880. The number of nitrogens with two attached hydrogens (primary N) is 1. The fourth-order valence-corrected chi connectivity index (χ4v) is 1.59. The number of furan rings is 1. The van der Waals surface area contributed by atoms with E-state index in [1.165, 1.54) is 0 Å². The van der Waals surface area contributed by atoms with Crippen molar-refractivity contribution < 1.29 is 9.21 Å². The lowest BCUT2D eigenvalue weighted by atomic mass is 9.85.